The Morgan fingerprint density at radius 3 is 1.70 bits per heavy atom. The van der Waals surface area contributed by atoms with Crippen molar-refractivity contribution in [3.8, 4) is 6.07 Å². The number of carbonyl (C=O) groups is 5. The zero-order valence-electron chi connectivity index (χ0n) is 36.4. The Morgan fingerprint density at radius 1 is 0.641 bits per heavy atom. The summed E-state index contributed by atoms with van der Waals surface area (Å²) in [6.07, 6.45) is -5.18. The van der Waals surface area contributed by atoms with E-state index in [9.17, 15) is 55.4 Å². The molecular weight excluding hydrogens is 870 g/mol. The average molecular weight is 910 g/mol. The molecule has 0 saturated heterocycles. The minimum Gasteiger partial charge on any atom is -1.00 e. The van der Waals surface area contributed by atoms with Crippen LogP contribution in [0, 0.1) is 35.0 Å². The molecule has 12 nitrogen and oxygen atoms in total. The summed E-state index contributed by atoms with van der Waals surface area (Å²) in [5, 5.41) is 29.4. The number of amides is 2. The number of hydrogen-bond acceptors (Lipinski definition) is 9. The van der Waals surface area contributed by atoms with Gasteiger partial charge < -0.3 is 34.0 Å². The summed E-state index contributed by atoms with van der Waals surface area (Å²) >= 11 is 0. The van der Waals surface area contributed by atoms with Crippen LogP contribution < -0.4 is 80.4 Å². The van der Waals surface area contributed by atoms with Gasteiger partial charge in [-0.1, -0.05) is 37.1 Å². The summed E-state index contributed by atoms with van der Waals surface area (Å²) in [6.45, 7) is 0. The molecule has 20 heteroatoms. The van der Waals surface area contributed by atoms with Crippen LogP contribution in [0.15, 0.2) is 97.1 Å². The second kappa shape index (κ2) is 22.2. The molecule has 2 aliphatic rings. The van der Waals surface area contributed by atoms with Crippen molar-refractivity contribution in [2.75, 3.05) is 21.3 Å². The van der Waals surface area contributed by atoms with Crippen molar-refractivity contribution in [2.24, 2.45) is 23.7 Å². The second-order valence-corrected chi connectivity index (χ2v) is 14.7. The number of nitrogens with one attached hydrogen (secondary N) is 4. The normalized spacial score (nSPS) is 18.1. The summed E-state index contributed by atoms with van der Waals surface area (Å²) in [4.78, 5) is 66.3. The van der Waals surface area contributed by atoms with Crippen LogP contribution in [0.25, 0.3) is 0 Å². The van der Waals surface area contributed by atoms with Crippen LogP contribution in [0.5, 0.6) is 0 Å². The number of carbonyl (C=O) groups excluding carboxylic acids is 4. The van der Waals surface area contributed by atoms with E-state index in [0.29, 0.717) is 30.2 Å². The number of rotatable bonds is 11. The molecule has 4 atom stereocenters. The molecule has 4 aromatic carbocycles. The smallest absolute Gasteiger partial charge is 1.00 e. The van der Waals surface area contributed by atoms with Gasteiger partial charge >= 0.3 is 89.4 Å². The van der Waals surface area contributed by atoms with E-state index >= 15 is 0 Å². The molecule has 0 spiro atoms. The molecule has 2 unspecified atom stereocenters. The third kappa shape index (κ3) is 12.8. The number of esters is 2. The standard InChI is InChI=1S/C44H37F6N5O7.2Na.2H/c45-43(46,47)25-15-19-34(52-27-17-13-24(23-51)14-18-27)36(21-25)54-39(57)29-8-2-4-10-31(29)41(60)62-42(61)32-11-5-6-12-33(32)53-35-20-16-26(44(48,49)50)22-37(35)55-38(56)28-7-1-3-9-30(28)40(58)59;;;;/h1,3,5-6,11-22,28-31,52-53H,2,4,7-10H2,(H,54,57)(H,55,56)(H,58,59);;;;/q;2*+1;2*-1/t28?,29-,30?,31-;;;;/m1..../s1. The Kier molecular flexibility index (Phi) is 17.8. The van der Waals surface area contributed by atoms with E-state index in [-0.39, 0.29) is 122 Å². The molecule has 4 aromatic rings. The van der Waals surface area contributed by atoms with Crippen LogP contribution in [0.1, 0.15) is 68.4 Å². The van der Waals surface area contributed by atoms with Crippen LogP contribution in [0.3, 0.4) is 0 Å². The maximum absolute atomic E-state index is 13.8. The first-order valence-corrected chi connectivity index (χ1v) is 19.2. The minimum atomic E-state index is -4.83. The Labute approximate surface area is 409 Å². The fourth-order valence-corrected chi connectivity index (χ4v) is 7.34. The number of nitrogens with zero attached hydrogens (tertiary/aromatic N) is 1. The van der Waals surface area contributed by atoms with Crippen LogP contribution >= 0.6 is 0 Å². The zero-order chi connectivity index (χ0) is 44.8. The summed E-state index contributed by atoms with van der Waals surface area (Å²) < 4.78 is 88.0. The zero-order valence-corrected chi connectivity index (χ0v) is 38.4. The molecule has 326 valence electrons. The van der Waals surface area contributed by atoms with Crippen molar-refractivity contribution in [2.45, 2.75) is 50.9 Å². The third-order valence-corrected chi connectivity index (χ3v) is 10.6. The first kappa shape index (κ1) is 51.5. The fourth-order valence-electron chi connectivity index (χ4n) is 7.34. The SMILES string of the molecule is N#Cc1ccc(Nc2ccc(C(F)(F)F)cc2NC(=O)[C@@H]2CCCC[C@H]2C(=O)OC(=O)c2ccccc2Nc2ccc(C(F)(F)F)cc2NC(=O)C2CC=CCC2C(=O)O)cc1.[H-].[H-].[Na+].[Na+]. The molecule has 5 N–H and O–H groups in total. The van der Waals surface area contributed by atoms with Crippen molar-refractivity contribution < 1.29 is 122 Å². The van der Waals surface area contributed by atoms with Crippen LogP contribution in [-0.2, 0) is 36.3 Å². The maximum Gasteiger partial charge on any atom is 1.00 e. The summed E-state index contributed by atoms with van der Waals surface area (Å²) in [5.41, 5.74) is -2.45. The van der Waals surface area contributed by atoms with Gasteiger partial charge in [-0.15, -0.1) is 0 Å². The Morgan fingerprint density at radius 2 is 1.16 bits per heavy atom. The van der Waals surface area contributed by atoms with E-state index in [1.807, 2.05) is 6.07 Å². The third-order valence-electron chi connectivity index (χ3n) is 10.6. The topological polar surface area (TPSA) is 187 Å². The molecule has 0 radical (unpaired) electrons. The number of halogens is 6. The number of alkyl halides is 6. The van der Waals surface area contributed by atoms with Crippen molar-refractivity contribution >= 4 is 63.8 Å². The van der Waals surface area contributed by atoms with Crippen molar-refractivity contribution in [1.29, 1.82) is 5.26 Å². The predicted octanol–water partition coefficient (Wildman–Crippen LogP) is 4.05. The molecule has 0 bridgehead atoms. The van der Waals surface area contributed by atoms with E-state index in [4.69, 9.17) is 10.00 Å². The molecule has 2 amide bonds. The first-order valence-electron chi connectivity index (χ1n) is 19.2. The molecule has 1 saturated carbocycles. The molecular formula is C44H39F6N5Na2O7. The number of nitriles is 1. The van der Waals surface area contributed by atoms with E-state index in [1.165, 1.54) is 48.5 Å². The number of anilines is 6. The van der Waals surface area contributed by atoms with Gasteiger partial charge in [0.05, 0.1) is 80.4 Å². The largest absolute Gasteiger partial charge is 1.00 e. The van der Waals surface area contributed by atoms with Crippen molar-refractivity contribution in [1.82, 2.24) is 0 Å². The minimum absolute atomic E-state index is 0. The van der Waals surface area contributed by atoms with E-state index in [1.54, 1.807) is 12.2 Å². The van der Waals surface area contributed by atoms with Gasteiger partial charge in [0.2, 0.25) is 11.8 Å². The second-order valence-electron chi connectivity index (χ2n) is 14.7. The van der Waals surface area contributed by atoms with Gasteiger partial charge in [-0.2, -0.15) is 31.6 Å². The Balaban J connectivity index is 0.00000374. The number of hydrogen-bond donors (Lipinski definition) is 5. The monoisotopic (exact) mass is 909 g/mol. The van der Waals surface area contributed by atoms with Crippen molar-refractivity contribution in [3.05, 3.63) is 119 Å². The number of aliphatic carboxylic acids is 1. The van der Waals surface area contributed by atoms with E-state index < -0.39 is 76.9 Å². The first-order chi connectivity index (χ1) is 29.4. The number of benzene rings is 4. The van der Waals surface area contributed by atoms with Crippen LogP contribution in [0.4, 0.5) is 60.5 Å². The van der Waals surface area contributed by atoms with Gasteiger partial charge in [-0.25, -0.2) is 4.79 Å². The van der Waals surface area contributed by atoms with Gasteiger partial charge in [0, 0.05) is 5.69 Å². The number of para-hydroxylation sites is 1. The number of allylic oxidation sites excluding steroid dienone is 2. The molecule has 0 aliphatic heterocycles. The van der Waals surface area contributed by atoms with Crippen LogP contribution in [-0.4, -0.2) is 34.8 Å². The number of ether oxygens (including phenoxy) is 1. The predicted molar refractivity (Wildman–Crippen MR) is 215 cm³/mol. The Hall–Kier alpha value is -5.16. The quantitative estimate of drug-likeness (QED) is 0.0484. The summed E-state index contributed by atoms with van der Waals surface area (Å²) in [6, 6.07) is 18.5. The molecule has 2 aliphatic carbocycles. The average Bonchev–Trinajstić information content (AvgIpc) is 3.24. The number of carboxylic acid groups (broad SMARTS) is 1. The summed E-state index contributed by atoms with van der Waals surface area (Å²) in [5.74, 6) is -9.76. The summed E-state index contributed by atoms with van der Waals surface area (Å²) in [7, 11) is 0. The number of carboxylic acids is 1. The van der Waals surface area contributed by atoms with E-state index in [0.717, 1.165) is 30.3 Å². The molecule has 0 heterocycles. The van der Waals surface area contributed by atoms with E-state index in [2.05, 4.69) is 21.3 Å². The maximum atomic E-state index is 13.8. The van der Waals surface area contributed by atoms with Crippen molar-refractivity contribution in [3.63, 3.8) is 0 Å². The molecule has 1 fully saturated rings. The molecule has 6 rings (SSSR count). The molecule has 64 heavy (non-hydrogen) atoms. The van der Waals surface area contributed by atoms with Crippen LogP contribution in [0.2, 0.25) is 0 Å². The van der Waals surface area contributed by atoms with Gasteiger partial charge in [0.15, 0.2) is 0 Å². The molecule has 0 aromatic heterocycles. The fraction of sp³-hybridized carbons (Fsp3) is 0.273. The Bertz CT molecular complexity index is 2470. The van der Waals surface area contributed by atoms with Gasteiger partial charge in [-0.05, 0) is 98.5 Å². The van der Waals surface area contributed by atoms with Gasteiger partial charge in [0.25, 0.3) is 0 Å². The van der Waals surface area contributed by atoms with Gasteiger partial charge in [0.1, 0.15) is 0 Å². The van der Waals surface area contributed by atoms with Gasteiger partial charge in [-0.3, -0.25) is 19.2 Å².